The molecule has 1 N–H and O–H groups in total. The van der Waals surface area contributed by atoms with Crippen LogP contribution in [-0.2, 0) is 11.4 Å². The van der Waals surface area contributed by atoms with Crippen molar-refractivity contribution >= 4 is 60.3 Å². The van der Waals surface area contributed by atoms with E-state index < -0.39 is 5.91 Å². The van der Waals surface area contributed by atoms with E-state index in [0.29, 0.717) is 33.8 Å². The van der Waals surface area contributed by atoms with Gasteiger partial charge >= 0.3 is 0 Å². The molecule has 174 valence electrons. The molecule has 0 saturated carbocycles. The number of nitrogens with one attached hydrogen (secondary N) is 1. The van der Waals surface area contributed by atoms with E-state index in [9.17, 15) is 10.1 Å². The van der Waals surface area contributed by atoms with Gasteiger partial charge in [-0.05, 0) is 74.2 Å². The number of nitriles is 1. The van der Waals surface area contributed by atoms with Crippen LogP contribution in [0.15, 0.2) is 93.4 Å². The summed E-state index contributed by atoms with van der Waals surface area (Å²) < 4.78 is 13.2. The maximum atomic E-state index is 12.6. The van der Waals surface area contributed by atoms with Crippen LogP contribution in [-0.4, -0.2) is 13.0 Å². The molecule has 0 aliphatic carbocycles. The maximum Gasteiger partial charge on any atom is 0.266 e. The number of hydrogen-bond acceptors (Lipinski definition) is 4. The lowest BCUT2D eigenvalue weighted by atomic mass is 10.1. The zero-order chi connectivity index (χ0) is 24.8. The van der Waals surface area contributed by atoms with E-state index in [1.54, 1.807) is 37.4 Å². The minimum absolute atomic E-state index is 0.0386. The van der Waals surface area contributed by atoms with Crippen molar-refractivity contribution in [2.24, 2.45) is 0 Å². The normalized spacial score (nSPS) is 11.1. The lowest BCUT2D eigenvalue weighted by Gasteiger charge is -2.15. The summed E-state index contributed by atoms with van der Waals surface area (Å²) in [6.45, 7) is 0.351. The predicted octanol–water partition coefficient (Wildman–Crippen LogP) is 7.50. The summed E-state index contributed by atoms with van der Waals surface area (Å²) in [5.41, 5.74) is 2.22. The molecular formula is C28H20Br2N2O3. The summed E-state index contributed by atoms with van der Waals surface area (Å²) in [5, 5.41) is 14.6. The van der Waals surface area contributed by atoms with Crippen molar-refractivity contribution in [2.45, 2.75) is 6.61 Å². The molecule has 0 fully saturated rings. The van der Waals surface area contributed by atoms with Crippen molar-refractivity contribution in [1.82, 2.24) is 0 Å². The monoisotopic (exact) mass is 590 g/mol. The Labute approximate surface area is 220 Å². The Bertz CT molecular complexity index is 1470. The lowest BCUT2D eigenvalue weighted by molar-refractivity contribution is -0.112. The van der Waals surface area contributed by atoms with Gasteiger partial charge in [0.25, 0.3) is 5.91 Å². The van der Waals surface area contributed by atoms with E-state index in [4.69, 9.17) is 9.47 Å². The molecule has 4 aromatic rings. The molecule has 0 atom stereocenters. The van der Waals surface area contributed by atoms with Crippen LogP contribution in [0.1, 0.15) is 11.1 Å². The van der Waals surface area contributed by atoms with Gasteiger partial charge in [0.2, 0.25) is 0 Å². The molecule has 0 saturated heterocycles. The van der Waals surface area contributed by atoms with Gasteiger partial charge in [-0.15, -0.1) is 0 Å². The highest BCUT2D eigenvalue weighted by molar-refractivity contribution is 9.10. The number of benzene rings is 4. The van der Waals surface area contributed by atoms with Crippen LogP contribution >= 0.6 is 31.9 Å². The molecule has 0 aliphatic heterocycles. The number of fused-ring (bicyclic) bond motifs is 1. The fourth-order valence-corrected chi connectivity index (χ4v) is 4.58. The van der Waals surface area contributed by atoms with Crippen LogP contribution in [0.5, 0.6) is 11.5 Å². The number of carbonyl (C=O) groups excluding carboxylic acids is 1. The van der Waals surface area contributed by atoms with Gasteiger partial charge < -0.3 is 14.8 Å². The highest BCUT2D eigenvalue weighted by Crippen LogP contribution is 2.38. The Morgan fingerprint density at radius 1 is 1.03 bits per heavy atom. The molecule has 0 heterocycles. The molecule has 4 aromatic carbocycles. The number of halogens is 2. The topological polar surface area (TPSA) is 71.3 Å². The van der Waals surface area contributed by atoms with Crippen molar-refractivity contribution in [1.29, 1.82) is 5.26 Å². The zero-order valence-corrected chi connectivity index (χ0v) is 21.9. The minimum Gasteiger partial charge on any atom is -0.493 e. The maximum absolute atomic E-state index is 12.6. The van der Waals surface area contributed by atoms with Gasteiger partial charge in [-0.25, -0.2) is 0 Å². The highest BCUT2D eigenvalue weighted by Gasteiger charge is 2.15. The van der Waals surface area contributed by atoms with E-state index in [1.165, 1.54) is 6.08 Å². The second kappa shape index (κ2) is 11.2. The van der Waals surface area contributed by atoms with Crippen LogP contribution < -0.4 is 14.8 Å². The number of carbonyl (C=O) groups is 1. The second-order valence-corrected chi connectivity index (χ2v) is 9.37. The summed E-state index contributed by atoms with van der Waals surface area (Å²) in [6.07, 6.45) is 1.51. The number of methoxy groups -OCH3 is 1. The third kappa shape index (κ3) is 5.91. The molecule has 0 bridgehead atoms. The minimum atomic E-state index is -0.503. The number of nitrogens with zero attached hydrogens (tertiary/aromatic N) is 1. The average Bonchev–Trinajstić information content (AvgIpc) is 2.86. The Balaban J connectivity index is 1.57. The third-order valence-corrected chi connectivity index (χ3v) is 6.34. The Morgan fingerprint density at radius 2 is 1.80 bits per heavy atom. The molecule has 0 unspecified atom stereocenters. The number of ether oxygens (including phenoxy) is 2. The second-order valence-electron chi connectivity index (χ2n) is 7.60. The fraction of sp³-hybridized carbons (Fsp3) is 0.0714. The van der Waals surface area contributed by atoms with E-state index in [-0.39, 0.29) is 5.57 Å². The van der Waals surface area contributed by atoms with Crippen molar-refractivity contribution < 1.29 is 14.3 Å². The molecule has 1 amide bonds. The molecule has 4 rings (SSSR count). The molecule has 5 nitrogen and oxygen atoms in total. The van der Waals surface area contributed by atoms with Crippen LogP contribution in [0.3, 0.4) is 0 Å². The van der Waals surface area contributed by atoms with Gasteiger partial charge in [0.1, 0.15) is 18.2 Å². The smallest absolute Gasteiger partial charge is 0.266 e. The Morgan fingerprint density at radius 3 is 2.57 bits per heavy atom. The summed E-state index contributed by atoms with van der Waals surface area (Å²) in [4.78, 5) is 12.6. The molecule has 0 aromatic heterocycles. The highest BCUT2D eigenvalue weighted by atomic mass is 79.9. The average molecular weight is 592 g/mol. The van der Waals surface area contributed by atoms with Gasteiger partial charge in [0.15, 0.2) is 11.5 Å². The standard InChI is InChI=1S/C28H20Br2N2O3/c1-34-26-14-18(12-21(16-31)28(33)32-23-10-5-9-22(29)15-23)13-25(30)27(26)35-17-20-8-4-7-19-6-2-3-11-24(19)20/h2-15H,17H2,1H3,(H,32,33)/b21-12+. The first-order valence-electron chi connectivity index (χ1n) is 10.6. The van der Waals surface area contributed by atoms with Crippen LogP contribution in [0.4, 0.5) is 5.69 Å². The predicted molar refractivity (Wildman–Crippen MR) is 145 cm³/mol. The van der Waals surface area contributed by atoms with E-state index in [2.05, 4.69) is 55.4 Å². The number of amides is 1. The van der Waals surface area contributed by atoms with Crippen LogP contribution in [0, 0.1) is 11.3 Å². The summed E-state index contributed by atoms with van der Waals surface area (Å²) in [5.74, 6) is 0.516. The first-order chi connectivity index (χ1) is 17.0. The number of hydrogen-bond donors (Lipinski definition) is 1. The van der Waals surface area contributed by atoms with E-state index in [0.717, 1.165) is 20.8 Å². The fourth-order valence-electron chi connectivity index (χ4n) is 3.61. The van der Waals surface area contributed by atoms with Gasteiger partial charge in [-0.3, -0.25) is 4.79 Å². The molecule has 35 heavy (non-hydrogen) atoms. The zero-order valence-electron chi connectivity index (χ0n) is 18.7. The molecule has 0 radical (unpaired) electrons. The first kappa shape index (κ1) is 24.5. The van der Waals surface area contributed by atoms with Crippen molar-refractivity contribution in [3.05, 3.63) is 105 Å². The van der Waals surface area contributed by atoms with Gasteiger partial charge in [-0.1, -0.05) is 64.5 Å². The van der Waals surface area contributed by atoms with Gasteiger partial charge in [-0.2, -0.15) is 5.26 Å². The third-order valence-electron chi connectivity index (χ3n) is 5.26. The Kier molecular flexibility index (Phi) is 7.86. The summed E-state index contributed by atoms with van der Waals surface area (Å²) in [7, 11) is 1.55. The SMILES string of the molecule is COc1cc(/C=C(\C#N)C(=O)Nc2cccc(Br)c2)cc(Br)c1OCc1cccc2ccccc12. The largest absolute Gasteiger partial charge is 0.493 e. The van der Waals surface area contributed by atoms with E-state index in [1.807, 2.05) is 36.4 Å². The lowest BCUT2D eigenvalue weighted by Crippen LogP contribution is -2.13. The number of rotatable bonds is 7. The quantitative estimate of drug-likeness (QED) is 0.178. The first-order valence-corrected chi connectivity index (χ1v) is 12.2. The Hall–Kier alpha value is -3.60. The molecular weight excluding hydrogens is 572 g/mol. The molecule has 0 aliphatic rings. The van der Waals surface area contributed by atoms with E-state index >= 15 is 0 Å². The summed E-state index contributed by atoms with van der Waals surface area (Å²) in [6, 6.07) is 26.9. The van der Waals surface area contributed by atoms with Crippen LogP contribution in [0.25, 0.3) is 16.8 Å². The molecule has 7 heteroatoms. The summed E-state index contributed by atoms with van der Waals surface area (Å²) >= 11 is 6.92. The van der Waals surface area contributed by atoms with Crippen LogP contribution in [0.2, 0.25) is 0 Å². The van der Waals surface area contributed by atoms with Crippen molar-refractivity contribution in [3.8, 4) is 17.6 Å². The number of anilines is 1. The van der Waals surface area contributed by atoms with Gasteiger partial charge in [0.05, 0.1) is 11.6 Å². The molecule has 0 spiro atoms. The van der Waals surface area contributed by atoms with Gasteiger partial charge in [0, 0.05) is 10.2 Å². The van der Waals surface area contributed by atoms with Crippen molar-refractivity contribution in [3.63, 3.8) is 0 Å². The van der Waals surface area contributed by atoms with Crippen molar-refractivity contribution in [2.75, 3.05) is 12.4 Å².